The maximum atomic E-state index is 13.0. The normalized spacial score (nSPS) is 20.5. The van der Waals surface area contributed by atoms with Crippen LogP contribution in [0, 0.1) is 12.8 Å². The first-order valence-corrected chi connectivity index (χ1v) is 13.1. The lowest BCUT2D eigenvalue weighted by atomic mass is 9.98. The minimum atomic E-state index is -3.59. The average molecular weight is 472 g/mol. The van der Waals surface area contributed by atoms with E-state index in [1.165, 1.54) is 9.87 Å². The number of nitrogens with one attached hydrogen (secondary N) is 1. The van der Waals surface area contributed by atoms with Gasteiger partial charge in [-0.1, -0.05) is 42.0 Å². The Morgan fingerprint density at radius 1 is 1.00 bits per heavy atom. The van der Waals surface area contributed by atoms with E-state index in [4.69, 9.17) is 4.74 Å². The van der Waals surface area contributed by atoms with Crippen LogP contribution in [-0.4, -0.2) is 62.9 Å². The molecule has 2 aromatic carbocycles. The number of piperidine rings is 1. The predicted molar refractivity (Wildman–Crippen MR) is 127 cm³/mol. The molecule has 2 aromatic rings. The summed E-state index contributed by atoms with van der Waals surface area (Å²) in [5, 5.41) is 3.00. The third-order valence-corrected chi connectivity index (χ3v) is 8.29. The molecule has 178 valence electrons. The van der Waals surface area contributed by atoms with Crippen molar-refractivity contribution in [3.63, 3.8) is 0 Å². The number of carbonyl (C=O) groups excluding carboxylic acids is 1. The smallest absolute Gasteiger partial charge is 0.243 e. The molecule has 1 amide bonds. The lowest BCUT2D eigenvalue weighted by Gasteiger charge is -2.31. The van der Waals surface area contributed by atoms with Gasteiger partial charge < -0.3 is 10.1 Å². The summed E-state index contributed by atoms with van der Waals surface area (Å²) in [6, 6.07) is 15.2. The van der Waals surface area contributed by atoms with Gasteiger partial charge in [0.25, 0.3) is 0 Å². The molecule has 0 radical (unpaired) electrons. The minimum absolute atomic E-state index is 0.0869. The number of aryl methyl sites for hydroxylation is 1. The standard InChI is InChI=1S/C25H33N3O4S/c1-20-4-10-24(11-5-20)33(30,31)28-12-2-3-23(19-28)25(29)26-17-21-6-8-22(9-7-21)18-27-13-15-32-16-14-27/h4-11,23H,2-3,12-19H2,1H3,(H,26,29). The summed E-state index contributed by atoms with van der Waals surface area (Å²) in [5.74, 6) is -0.421. The first-order valence-electron chi connectivity index (χ1n) is 11.6. The highest BCUT2D eigenvalue weighted by atomic mass is 32.2. The Morgan fingerprint density at radius 3 is 2.36 bits per heavy atom. The van der Waals surface area contributed by atoms with E-state index in [1.807, 2.05) is 19.1 Å². The summed E-state index contributed by atoms with van der Waals surface area (Å²) >= 11 is 0. The SMILES string of the molecule is Cc1ccc(S(=O)(=O)N2CCCC(C(=O)NCc3ccc(CN4CCOCC4)cc3)C2)cc1. The molecule has 2 saturated heterocycles. The van der Waals surface area contributed by atoms with Gasteiger partial charge in [-0.05, 0) is 43.0 Å². The molecule has 0 aliphatic carbocycles. The van der Waals surface area contributed by atoms with Crippen LogP contribution in [0.25, 0.3) is 0 Å². The second-order valence-corrected chi connectivity index (χ2v) is 10.9. The second-order valence-electron chi connectivity index (χ2n) is 8.94. The summed E-state index contributed by atoms with van der Waals surface area (Å²) in [7, 11) is -3.59. The Bertz CT molecular complexity index is 1030. The third-order valence-electron chi connectivity index (χ3n) is 6.41. The van der Waals surface area contributed by atoms with Gasteiger partial charge >= 0.3 is 0 Å². The Kier molecular flexibility index (Phi) is 7.80. The van der Waals surface area contributed by atoms with Crippen LogP contribution in [0.3, 0.4) is 0 Å². The third kappa shape index (κ3) is 6.20. The molecule has 0 aromatic heterocycles. The van der Waals surface area contributed by atoms with Crippen molar-refractivity contribution < 1.29 is 17.9 Å². The number of rotatable bonds is 7. The van der Waals surface area contributed by atoms with Crippen LogP contribution in [0.2, 0.25) is 0 Å². The molecule has 4 rings (SSSR count). The molecule has 0 saturated carbocycles. The lowest BCUT2D eigenvalue weighted by molar-refractivity contribution is -0.126. The maximum absolute atomic E-state index is 13.0. The molecule has 33 heavy (non-hydrogen) atoms. The zero-order valence-electron chi connectivity index (χ0n) is 19.2. The summed E-state index contributed by atoms with van der Waals surface area (Å²) in [4.78, 5) is 15.5. The van der Waals surface area contributed by atoms with E-state index >= 15 is 0 Å². The fourth-order valence-electron chi connectivity index (χ4n) is 4.35. The van der Waals surface area contributed by atoms with E-state index in [1.54, 1.807) is 24.3 Å². The summed E-state index contributed by atoms with van der Waals surface area (Å²) in [5.41, 5.74) is 3.30. The molecule has 2 fully saturated rings. The molecule has 7 nitrogen and oxygen atoms in total. The monoisotopic (exact) mass is 471 g/mol. The molecule has 2 aliphatic rings. The Balaban J connectivity index is 1.29. The van der Waals surface area contributed by atoms with Gasteiger partial charge in [-0.3, -0.25) is 9.69 Å². The largest absolute Gasteiger partial charge is 0.379 e. The second kappa shape index (κ2) is 10.8. The van der Waals surface area contributed by atoms with Crippen LogP contribution in [0.15, 0.2) is 53.4 Å². The van der Waals surface area contributed by atoms with Crippen LogP contribution >= 0.6 is 0 Å². The van der Waals surface area contributed by atoms with Crippen LogP contribution in [-0.2, 0) is 32.6 Å². The van der Waals surface area contributed by atoms with Crippen LogP contribution < -0.4 is 5.32 Å². The number of nitrogens with zero attached hydrogens (tertiary/aromatic N) is 2. The summed E-state index contributed by atoms with van der Waals surface area (Å²) in [6.45, 7) is 7.43. The van der Waals surface area contributed by atoms with E-state index in [9.17, 15) is 13.2 Å². The highest BCUT2D eigenvalue weighted by Crippen LogP contribution is 2.24. The van der Waals surface area contributed by atoms with E-state index in [-0.39, 0.29) is 23.3 Å². The van der Waals surface area contributed by atoms with Crippen LogP contribution in [0.5, 0.6) is 0 Å². The molecule has 1 unspecified atom stereocenters. The fraction of sp³-hybridized carbons (Fsp3) is 0.480. The lowest BCUT2D eigenvalue weighted by Crippen LogP contribution is -2.45. The van der Waals surface area contributed by atoms with Gasteiger partial charge in [0.05, 0.1) is 24.0 Å². The van der Waals surface area contributed by atoms with Gasteiger partial charge in [0.1, 0.15) is 0 Å². The van der Waals surface area contributed by atoms with Gasteiger partial charge in [0, 0.05) is 39.3 Å². The van der Waals surface area contributed by atoms with Crippen molar-refractivity contribution in [3.8, 4) is 0 Å². The molecule has 1 atom stereocenters. The van der Waals surface area contributed by atoms with E-state index in [0.717, 1.165) is 44.0 Å². The van der Waals surface area contributed by atoms with Crippen molar-refractivity contribution in [3.05, 3.63) is 65.2 Å². The zero-order chi connectivity index (χ0) is 23.3. The van der Waals surface area contributed by atoms with Gasteiger partial charge in [-0.25, -0.2) is 8.42 Å². The van der Waals surface area contributed by atoms with Crippen molar-refractivity contribution in [1.82, 2.24) is 14.5 Å². The molecule has 2 aliphatic heterocycles. The van der Waals surface area contributed by atoms with Crippen molar-refractivity contribution in [2.24, 2.45) is 5.92 Å². The predicted octanol–water partition coefficient (Wildman–Crippen LogP) is 2.54. The number of benzene rings is 2. The molecule has 1 N–H and O–H groups in total. The number of carbonyl (C=O) groups is 1. The molecular weight excluding hydrogens is 438 g/mol. The average Bonchev–Trinajstić information content (AvgIpc) is 2.84. The molecule has 8 heteroatoms. The minimum Gasteiger partial charge on any atom is -0.379 e. The Hall–Kier alpha value is -2.26. The van der Waals surface area contributed by atoms with Crippen LogP contribution in [0.1, 0.15) is 29.5 Å². The van der Waals surface area contributed by atoms with Crippen molar-refractivity contribution in [2.45, 2.75) is 37.8 Å². The number of hydrogen-bond acceptors (Lipinski definition) is 5. The molecule has 0 bridgehead atoms. The van der Waals surface area contributed by atoms with E-state index in [2.05, 4.69) is 22.3 Å². The summed E-state index contributed by atoms with van der Waals surface area (Å²) in [6.07, 6.45) is 1.38. The molecular formula is C25H33N3O4S. The van der Waals surface area contributed by atoms with Crippen LogP contribution in [0.4, 0.5) is 0 Å². The van der Waals surface area contributed by atoms with Crippen molar-refractivity contribution >= 4 is 15.9 Å². The topological polar surface area (TPSA) is 79.0 Å². The number of morpholine rings is 1. The number of sulfonamides is 1. The highest BCUT2D eigenvalue weighted by Gasteiger charge is 2.33. The molecule has 0 spiro atoms. The van der Waals surface area contributed by atoms with Gasteiger partial charge in [0.15, 0.2) is 0 Å². The first-order chi connectivity index (χ1) is 15.9. The van der Waals surface area contributed by atoms with Gasteiger partial charge in [-0.2, -0.15) is 4.31 Å². The van der Waals surface area contributed by atoms with E-state index in [0.29, 0.717) is 25.9 Å². The fourth-order valence-corrected chi connectivity index (χ4v) is 5.87. The van der Waals surface area contributed by atoms with Gasteiger partial charge in [-0.15, -0.1) is 0 Å². The Labute approximate surface area is 196 Å². The quantitative estimate of drug-likeness (QED) is 0.672. The maximum Gasteiger partial charge on any atom is 0.243 e. The number of amides is 1. The first kappa shape index (κ1) is 23.9. The number of hydrogen-bond donors (Lipinski definition) is 1. The highest BCUT2D eigenvalue weighted by molar-refractivity contribution is 7.89. The molecule has 2 heterocycles. The summed E-state index contributed by atoms with van der Waals surface area (Å²) < 4.78 is 32.9. The van der Waals surface area contributed by atoms with Gasteiger partial charge in [0.2, 0.25) is 15.9 Å². The van der Waals surface area contributed by atoms with Crippen molar-refractivity contribution in [2.75, 3.05) is 39.4 Å². The zero-order valence-corrected chi connectivity index (χ0v) is 20.0. The van der Waals surface area contributed by atoms with E-state index < -0.39 is 10.0 Å². The number of ether oxygens (including phenoxy) is 1. The Morgan fingerprint density at radius 2 is 1.67 bits per heavy atom. The van der Waals surface area contributed by atoms with Crippen molar-refractivity contribution in [1.29, 1.82) is 0 Å².